The Balaban J connectivity index is 2.71. The second-order valence-electron chi connectivity index (χ2n) is 5.76. The minimum Gasteiger partial charge on any atom is -0.480 e. The van der Waals surface area contributed by atoms with Gasteiger partial charge in [-0.3, -0.25) is 4.79 Å². The lowest BCUT2D eigenvalue weighted by molar-refractivity contribution is -0.142. The lowest BCUT2D eigenvalue weighted by Gasteiger charge is -2.32. The first-order valence-electron chi connectivity index (χ1n) is 7.46. The lowest BCUT2D eigenvalue weighted by atomic mass is 9.69. The van der Waals surface area contributed by atoms with Crippen LogP contribution >= 0.6 is 0 Å². The van der Waals surface area contributed by atoms with Crippen LogP contribution in [0.5, 0.6) is 0 Å². The number of methoxy groups -OCH3 is 1. The van der Waals surface area contributed by atoms with E-state index in [1.54, 1.807) is 37.3 Å². The third kappa shape index (κ3) is 2.90. The fourth-order valence-corrected chi connectivity index (χ4v) is 3.06. The van der Waals surface area contributed by atoms with E-state index in [1.165, 1.54) is 7.11 Å². The maximum Gasteiger partial charge on any atom is 0.331 e. The maximum atomic E-state index is 12.2. The van der Waals surface area contributed by atoms with Crippen molar-refractivity contribution in [2.75, 3.05) is 7.11 Å². The number of carbonyl (C=O) groups is 2. The van der Waals surface area contributed by atoms with E-state index in [4.69, 9.17) is 4.74 Å². The molecule has 0 saturated carbocycles. The molecule has 0 aliphatic heterocycles. The normalized spacial score (nSPS) is 20.1. The Morgan fingerprint density at radius 2 is 2.08 bits per heavy atom. The summed E-state index contributed by atoms with van der Waals surface area (Å²) in [5.41, 5.74) is 1.22. The molecule has 0 aromatic heterocycles. The van der Waals surface area contributed by atoms with Crippen LogP contribution < -0.4 is 0 Å². The molecule has 0 heterocycles. The molecule has 1 aromatic rings. The highest BCUT2D eigenvalue weighted by atomic mass is 16.5. The molecule has 2 rings (SSSR count). The van der Waals surface area contributed by atoms with Crippen molar-refractivity contribution in [3.8, 4) is 0 Å². The number of hydrogen-bond donors (Lipinski definition) is 2. The molecule has 1 aliphatic rings. The average molecular weight is 328 g/mol. The van der Waals surface area contributed by atoms with E-state index < -0.39 is 17.4 Å². The number of ether oxygens (including phenoxy) is 1. The van der Waals surface area contributed by atoms with Gasteiger partial charge >= 0.3 is 11.9 Å². The van der Waals surface area contributed by atoms with Gasteiger partial charge < -0.3 is 14.9 Å². The van der Waals surface area contributed by atoms with Crippen molar-refractivity contribution in [3.05, 3.63) is 64.8 Å². The molecule has 0 fully saturated rings. The van der Waals surface area contributed by atoms with Crippen LogP contribution in [0.4, 0.5) is 0 Å². The van der Waals surface area contributed by atoms with Crippen molar-refractivity contribution in [2.24, 2.45) is 0 Å². The van der Waals surface area contributed by atoms with Crippen LogP contribution in [0.15, 0.2) is 48.1 Å². The molecule has 2 N–H and O–H groups in total. The van der Waals surface area contributed by atoms with E-state index in [2.05, 4.69) is 6.58 Å². The van der Waals surface area contributed by atoms with E-state index in [9.17, 15) is 19.8 Å². The molecule has 1 aliphatic carbocycles. The lowest BCUT2D eigenvalue weighted by Crippen LogP contribution is -2.38. The summed E-state index contributed by atoms with van der Waals surface area (Å²) in [7, 11) is 1.53. The van der Waals surface area contributed by atoms with Gasteiger partial charge in [0, 0.05) is 19.1 Å². The van der Waals surface area contributed by atoms with Crippen molar-refractivity contribution >= 4 is 18.0 Å². The average Bonchev–Trinajstić information content (AvgIpc) is 2.55. The highest BCUT2D eigenvalue weighted by Crippen LogP contribution is 2.40. The summed E-state index contributed by atoms with van der Waals surface area (Å²) < 4.78 is 5.23. The quantitative estimate of drug-likeness (QED) is 0.838. The summed E-state index contributed by atoms with van der Waals surface area (Å²) in [6.07, 6.45) is 4.66. The first-order chi connectivity index (χ1) is 11.4. The summed E-state index contributed by atoms with van der Waals surface area (Å²) in [6, 6.07) is 5.28. The predicted octanol–water partition coefficient (Wildman–Crippen LogP) is 3.16. The molecule has 126 valence electrons. The third-order valence-corrected chi connectivity index (χ3v) is 4.39. The zero-order chi connectivity index (χ0) is 17.9. The van der Waals surface area contributed by atoms with Crippen molar-refractivity contribution in [2.45, 2.75) is 25.4 Å². The molecule has 5 nitrogen and oxygen atoms in total. The van der Waals surface area contributed by atoms with Crippen LogP contribution in [-0.2, 0) is 26.3 Å². The number of carboxylic acids is 2. The summed E-state index contributed by atoms with van der Waals surface area (Å²) in [5.74, 6) is -2.20. The van der Waals surface area contributed by atoms with E-state index in [0.29, 0.717) is 16.7 Å². The molecule has 5 heteroatoms. The number of benzene rings is 1. The second kappa shape index (κ2) is 6.84. The van der Waals surface area contributed by atoms with Crippen molar-refractivity contribution in [1.29, 1.82) is 0 Å². The SMILES string of the molecule is C=Cc1cccc(C2(C(=O)O)C=CC(C)=C(C(=O)O)C2)c1COC. The molecule has 0 saturated heterocycles. The minimum absolute atomic E-state index is 0.104. The second-order valence-corrected chi connectivity index (χ2v) is 5.76. The van der Waals surface area contributed by atoms with Gasteiger partial charge in [0.2, 0.25) is 0 Å². The molecule has 24 heavy (non-hydrogen) atoms. The molecular weight excluding hydrogens is 308 g/mol. The van der Waals surface area contributed by atoms with Gasteiger partial charge in [0.1, 0.15) is 5.41 Å². The monoisotopic (exact) mass is 328 g/mol. The molecule has 1 unspecified atom stereocenters. The van der Waals surface area contributed by atoms with Crippen LogP contribution in [0.1, 0.15) is 30.0 Å². The number of carboxylic acid groups (broad SMARTS) is 2. The van der Waals surface area contributed by atoms with E-state index in [1.807, 2.05) is 6.07 Å². The van der Waals surface area contributed by atoms with Gasteiger partial charge in [0.05, 0.1) is 6.61 Å². The highest BCUT2D eigenvalue weighted by molar-refractivity contribution is 5.94. The Morgan fingerprint density at radius 3 is 2.62 bits per heavy atom. The Hall–Kier alpha value is -2.66. The Morgan fingerprint density at radius 1 is 1.38 bits per heavy atom. The summed E-state index contributed by atoms with van der Waals surface area (Å²) in [5, 5.41) is 19.4. The molecular formula is C19H20O5. The van der Waals surface area contributed by atoms with Crippen LogP contribution in [0.3, 0.4) is 0 Å². The van der Waals surface area contributed by atoms with Gasteiger partial charge in [0.15, 0.2) is 0 Å². The summed E-state index contributed by atoms with van der Waals surface area (Å²) >= 11 is 0. The van der Waals surface area contributed by atoms with Crippen molar-refractivity contribution < 1.29 is 24.5 Å². The molecule has 0 spiro atoms. The van der Waals surface area contributed by atoms with Gasteiger partial charge in [-0.15, -0.1) is 0 Å². The van der Waals surface area contributed by atoms with Crippen molar-refractivity contribution in [1.82, 2.24) is 0 Å². The van der Waals surface area contributed by atoms with E-state index >= 15 is 0 Å². The molecule has 0 bridgehead atoms. The molecule has 1 aromatic carbocycles. The third-order valence-electron chi connectivity index (χ3n) is 4.39. The largest absolute Gasteiger partial charge is 0.480 e. The standard InChI is InChI=1S/C19H20O5/c1-4-13-6-5-7-16(15(13)11-24-3)19(18(22)23)9-8-12(2)14(10-19)17(20)21/h4-9H,1,10-11H2,2-3H3,(H,20,21)(H,22,23). The summed E-state index contributed by atoms with van der Waals surface area (Å²) in [6.45, 7) is 5.64. The number of hydrogen-bond acceptors (Lipinski definition) is 3. The van der Waals surface area contributed by atoms with E-state index in [-0.39, 0.29) is 18.6 Å². The highest BCUT2D eigenvalue weighted by Gasteiger charge is 2.43. The van der Waals surface area contributed by atoms with Gasteiger partial charge in [0.25, 0.3) is 0 Å². The zero-order valence-corrected chi connectivity index (χ0v) is 13.7. The van der Waals surface area contributed by atoms with Crippen molar-refractivity contribution in [3.63, 3.8) is 0 Å². The van der Waals surface area contributed by atoms with Crippen LogP contribution in [0.2, 0.25) is 0 Å². The van der Waals surface area contributed by atoms with Crippen LogP contribution in [0.25, 0.3) is 6.08 Å². The predicted molar refractivity (Wildman–Crippen MR) is 90.7 cm³/mol. The van der Waals surface area contributed by atoms with Crippen LogP contribution in [0, 0.1) is 0 Å². The van der Waals surface area contributed by atoms with Gasteiger partial charge in [-0.25, -0.2) is 4.79 Å². The first-order valence-corrected chi connectivity index (χ1v) is 7.46. The Kier molecular flexibility index (Phi) is 5.04. The fraction of sp³-hybridized carbons (Fsp3) is 0.263. The topological polar surface area (TPSA) is 83.8 Å². The number of aliphatic carboxylic acids is 2. The Labute approximate surface area is 140 Å². The number of allylic oxidation sites excluding steroid dienone is 2. The maximum absolute atomic E-state index is 12.2. The van der Waals surface area contributed by atoms with Crippen LogP contribution in [-0.4, -0.2) is 29.3 Å². The van der Waals surface area contributed by atoms with Gasteiger partial charge in [-0.2, -0.15) is 0 Å². The minimum atomic E-state index is -1.44. The van der Waals surface area contributed by atoms with Gasteiger partial charge in [-0.05, 0) is 29.2 Å². The Bertz CT molecular complexity index is 757. The smallest absolute Gasteiger partial charge is 0.331 e. The molecule has 0 radical (unpaired) electrons. The zero-order valence-electron chi connectivity index (χ0n) is 13.7. The summed E-state index contributed by atoms with van der Waals surface area (Å²) in [4.78, 5) is 23.7. The molecule has 1 atom stereocenters. The van der Waals surface area contributed by atoms with Gasteiger partial charge in [-0.1, -0.05) is 43.0 Å². The number of rotatable bonds is 6. The first kappa shape index (κ1) is 17.7. The fourth-order valence-electron chi connectivity index (χ4n) is 3.06. The molecule has 0 amide bonds. The van der Waals surface area contributed by atoms with E-state index in [0.717, 1.165) is 5.56 Å².